The van der Waals surface area contributed by atoms with Gasteiger partial charge in [-0.25, -0.2) is 18.0 Å². The van der Waals surface area contributed by atoms with Gasteiger partial charge in [0.1, 0.15) is 9.84 Å². The van der Waals surface area contributed by atoms with Crippen LogP contribution in [0, 0.1) is 0 Å². The van der Waals surface area contributed by atoms with Crippen LogP contribution in [0.25, 0.3) is 0 Å². The molecule has 1 atom stereocenters. The molecule has 9 heteroatoms. The number of morpholine rings is 1. The Kier molecular flexibility index (Phi) is 4.48. The molecule has 0 aromatic heterocycles. The fourth-order valence-corrected chi connectivity index (χ4v) is 3.83. The van der Waals surface area contributed by atoms with Crippen LogP contribution in [0.15, 0.2) is 0 Å². The van der Waals surface area contributed by atoms with Gasteiger partial charge in [-0.3, -0.25) is 0 Å². The first-order chi connectivity index (χ1) is 9.39. The standard InChI is InChI=1S/C11H18N2O6S/c14-10(15)9-7-19-4-3-13(9)11(16)12-8-1-5-20(17,18)6-2-8/h8-9H,1-7H2,(H,12,16)(H,14,15). The lowest BCUT2D eigenvalue weighted by atomic mass is 10.1. The summed E-state index contributed by atoms with van der Waals surface area (Å²) >= 11 is 0. The highest BCUT2D eigenvalue weighted by atomic mass is 32.2. The smallest absolute Gasteiger partial charge is 0.328 e. The lowest BCUT2D eigenvalue weighted by molar-refractivity contribution is -0.147. The normalized spacial score (nSPS) is 27.0. The fraction of sp³-hybridized carbons (Fsp3) is 0.818. The summed E-state index contributed by atoms with van der Waals surface area (Å²) in [4.78, 5) is 24.4. The Morgan fingerprint density at radius 1 is 1.25 bits per heavy atom. The van der Waals surface area contributed by atoms with Crippen molar-refractivity contribution in [3.63, 3.8) is 0 Å². The second-order valence-electron chi connectivity index (χ2n) is 5.00. The Morgan fingerprint density at radius 2 is 1.90 bits per heavy atom. The minimum Gasteiger partial charge on any atom is -0.480 e. The fourth-order valence-electron chi connectivity index (χ4n) is 2.34. The highest BCUT2D eigenvalue weighted by Crippen LogP contribution is 2.14. The number of amides is 2. The summed E-state index contributed by atoms with van der Waals surface area (Å²) in [6.07, 6.45) is 0.742. The summed E-state index contributed by atoms with van der Waals surface area (Å²) in [5.74, 6) is -0.988. The van der Waals surface area contributed by atoms with Gasteiger partial charge < -0.3 is 20.1 Å². The largest absolute Gasteiger partial charge is 0.480 e. The van der Waals surface area contributed by atoms with Crippen molar-refractivity contribution in [3.8, 4) is 0 Å². The van der Waals surface area contributed by atoms with Crippen LogP contribution in [0.3, 0.4) is 0 Å². The average molecular weight is 306 g/mol. The molecule has 0 spiro atoms. The monoisotopic (exact) mass is 306 g/mol. The number of carbonyl (C=O) groups is 2. The molecule has 2 fully saturated rings. The molecule has 0 aromatic rings. The number of carbonyl (C=O) groups excluding carboxylic acids is 1. The van der Waals surface area contributed by atoms with Gasteiger partial charge in [-0.1, -0.05) is 0 Å². The van der Waals surface area contributed by atoms with Crippen molar-refractivity contribution < 1.29 is 27.9 Å². The first-order valence-corrected chi connectivity index (χ1v) is 8.29. The average Bonchev–Trinajstić information content (AvgIpc) is 2.41. The third kappa shape index (κ3) is 3.60. The summed E-state index contributed by atoms with van der Waals surface area (Å²) in [6.45, 7) is 0.492. The number of rotatable bonds is 2. The summed E-state index contributed by atoms with van der Waals surface area (Å²) in [5.41, 5.74) is 0. The van der Waals surface area contributed by atoms with E-state index in [1.165, 1.54) is 4.90 Å². The molecule has 2 saturated heterocycles. The van der Waals surface area contributed by atoms with Gasteiger partial charge in [-0.05, 0) is 12.8 Å². The Bertz CT molecular complexity index is 477. The van der Waals surface area contributed by atoms with E-state index in [1.807, 2.05) is 0 Å². The molecule has 0 aliphatic carbocycles. The SMILES string of the molecule is O=C(O)C1COCCN1C(=O)NC1CCS(=O)(=O)CC1. The molecule has 2 aliphatic heterocycles. The zero-order chi connectivity index (χ0) is 14.8. The summed E-state index contributed by atoms with van der Waals surface area (Å²) in [5, 5.41) is 11.8. The van der Waals surface area contributed by atoms with Crippen molar-refractivity contribution in [2.24, 2.45) is 0 Å². The van der Waals surface area contributed by atoms with E-state index in [9.17, 15) is 18.0 Å². The van der Waals surface area contributed by atoms with Crippen LogP contribution in [0.5, 0.6) is 0 Å². The molecule has 2 amide bonds. The first kappa shape index (κ1) is 15.0. The number of hydrogen-bond acceptors (Lipinski definition) is 5. The number of hydrogen-bond donors (Lipinski definition) is 2. The molecule has 2 N–H and O–H groups in total. The molecular weight excluding hydrogens is 288 g/mol. The molecule has 2 aliphatic rings. The third-order valence-corrected chi connectivity index (χ3v) is 5.27. The maximum Gasteiger partial charge on any atom is 0.328 e. The lowest BCUT2D eigenvalue weighted by Crippen LogP contribution is -2.57. The zero-order valence-electron chi connectivity index (χ0n) is 10.9. The van der Waals surface area contributed by atoms with Gasteiger partial charge in [0.25, 0.3) is 0 Å². The second kappa shape index (κ2) is 5.96. The van der Waals surface area contributed by atoms with Gasteiger partial charge in [0, 0.05) is 12.6 Å². The maximum atomic E-state index is 12.1. The Balaban J connectivity index is 1.92. The zero-order valence-corrected chi connectivity index (χ0v) is 11.8. The Morgan fingerprint density at radius 3 is 2.50 bits per heavy atom. The van der Waals surface area contributed by atoms with Crippen LogP contribution in [0.1, 0.15) is 12.8 Å². The molecule has 20 heavy (non-hydrogen) atoms. The predicted octanol–water partition coefficient (Wildman–Crippen LogP) is -0.941. The number of aliphatic carboxylic acids is 1. The molecule has 2 heterocycles. The van der Waals surface area contributed by atoms with Gasteiger partial charge in [-0.15, -0.1) is 0 Å². The van der Waals surface area contributed by atoms with E-state index in [1.54, 1.807) is 0 Å². The molecule has 8 nitrogen and oxygen atoms in total. The maximum absolute atomic E-state index is 12.1. The minimum atomic E-state index is -2.98. The van der Waals surface area contributed by atoms with Gasteiger partial charge >= 0.3 is 12.0 Å². The van der Waals surface area contributed by atoms with Crippen molar-refractivity contribution in [2.45, 2.75) is 24.9 Å². The van der Waals surface area contributed by atoms with E-state index in [-0.39, 0.29) is 30.7 Å². The molecular formula is C11H18N2O6S. The van der Waals surface area contributed by atoms with Crippen LogP contribution >= 0.6 is 0 Å². The van der Waals surface area contributed by atoms with Crippen LogP contribution in [0.4, 0.5) is 4.79 Å². The van der Waals surface area contributed by atoms with E-state index in [4.69, 9.17) is 9.84 Å². The van der Waals surface area contributed by atoms with Gasteiger partial charge in [-0.2, -0.15) is 0 Å². The molecule has 0 bridgehead atoms. The number of carboxylic acid groups (broad SMARTS) is 1. The highest BCUT2D eigenvalue weighted by molar-refractivity contribution is 7.91. The molecule has 2 rings (SSSR count). The van der Waals surface area contributed by atoms with E-state index in [0.29, 0.717) is 19.4 Å². The van der Waals surface area contributed by atoms with Crippen molar-refractivity contribution in [2.75, 3.05) is 31.3 Å². The van der Waals surface area contributed by atoms with E-state index in [2.05, 4.69) is 5.32 Å². The lowest BCUT2D eigenvalue weighted by Gasteiger charge is -2.34. The number of nitrogens with zero attached hydrogens (tertiary/aromatic N) is 1. The van der Waals surface area contributed by atoms with E-state index < -0.39 is 27.9 Å². The van der Waals surface area contributed by atoms with Crippen molar-refractivity contribution in [1.82, 2.24) is 10.2 Å². The van der Waals surface area contributed by atoms with E-state index in [0.717, 1.165) is 0 Å². The number of ether oxygens (including phenoxy) is 1. The molecule has 0 radical (unpaired) electrons. The summed E-state index contributed by atoms with van der Waals surface area (Å²) < 4.78 is 27.7. The quantitative estimate of drug-likeness (QED) is 0.680. The molecule has 114 valence electrons. The molecule has 0 saturated carbocycles. The molecule has 0 aromatic carbocycles. The van der Waals surface area contributed by atoms with Crippen LogP contribution in [0.2, 0.25) is 0 Å². The Labute approximate surface area is 117 Å². The minimum absolute atomic E-state index is 0.0260. The van der Waals surface area contributed by atoms with Gasteiger partial charge in [0.2, 0.25) is 0 Å². The second-order valence-corrected chi connectivity index (χ2v) is 7.30. The Hall–Kier alpha value is -1.35. The third-order valence-electron chi connectivity index (χ3n) is 3.56. The number of sulfone groups is 1. The first-order valence-electron chi connectivity index (χ1n) is 6.47. The summed E-state index contributed by atoms with van der Waals surface area (Å²) in [6, 6.07) is -1.68. The number of nitrogens with one attached hydrogen (secondary N) is 1. The molecule has 1 unspecified atom stereocenters. The number of carboxylic acids is 1. The predicted molar refractivity (Wildman–Crippen MR) is 69.2 cm³/mol. The van der Waals surface area contributed by atoms with Crippen LogP contribution < -0.4 is 5.32 Å². The van der Waals surface area contributed by atoms with Crippen molar-refractivity contribution >= 4 is 21.8 Å². The number of urea groups is 1. The van der Waals surface area contributed by atoms with Crippen LogP contribution in [-0.4, -0.2) is 73.8 Å². The van der Waals surface area contributed by atoms with Gasteiger partial charge in [0.05, 0.1) is 24.7 Å². The van der Waals surface area contributed by atoms with Gasteiger partial charge in [0.15, 0.2) is 6.04 Å². The van der Waals surface area contributed by atoms with Crippen LogP contribution in [-0.2, 0) is 19.4 Å². The van der Waals surface area contributed by atoms with Crippen molar-refractivity contribution in [1.29, 1.82) is 0 Å². The van der Waals surface area contributed by atoms with E-state index >= 15 is 0 Å². The summed E-state index contributed by atoms with van der Waals surface area (Å²) in [7, 11) is -2.98. The highest BCUT2D eigenvalue weighted by Gasteiger charge is 2.34. The van der Waals surface area contributed by atoms with Crippen molar-refractivity contribution in [3.05, 3.63) is 0 Å². The topological polar surface area (TPSA) is 113 Å².